The summed E-state index contributed by atoms with van der Waals surface area (Å²) in [6.07, 6.45) is 3.62. The van der Waals surface area contributed by atoms with Crippen LogP contribution >= 0.6 is 0 Å². The molecule has 0 aliphatic rings. The molecular formula is C39H32N8O11. The van der Waals surface area contributed by atoms with Crippen LogP contribution in [0.4, 0.5) is 22.7 Å². The molecule has 5 amide bonds. The van der Waals surface area contributed by atoms with Gasteiger partial charge in [0.05, 0.1) is 49.2 Å². The van der Waals surface area contributed by atoms with Crippen molar-refractivity contribution in [3.05, 3.63) is 119 Å². The number of rotatable bonds is 14. The predicted octanol–water partition coefficient (Wildman–Crippen LogP) is 4.01. The SMILES string of the molecule is COc1c(NC(=O)c2ccc(NC(=O)c3ccc(NC(=O)[C@H](CC#N)NC(=O)c4ccc(NC(=O)c5cncnc5)cc4)cc3)c(OC)c2O)ccc(C(=O)O)c1O. The number of carbonyl (C=O) groups excluding carboxylic acids is 5. The average molecular weight is 789 g/mol. The zero-order valence-corrected chi connectivity index (χ0v) is 30.4. The number of nitrogens with zero attached hydrogens (tertiary/aromatic N) is 3. The van der Waals surface area contributed by atoms with Crippen LogP contribution in [0.1, 0.15) is 58.2 Å². The second-order valence-electron chi connectivity index (χ2n) is 11.9. The van der Waals surface area contributed by atoms with Crippen LogP contribution in [0.5, 0.6) is 23.0 Å². The third-order valence-corrected chi connectivity index (χ3v) is 8.20. The Balaban J connectivity index is 1.20. The van der Waals surface area contributed by atoms with Crippen molar-refractivity contribution in [3.63, 3.8) is 0 Å². The van der Waals surface area contributed by atoms with E-state index in [1.165, 1.54) is 92.6 Å². The molecule has 58 heavy (non-hydrogen) atoms. The first-order valence-electron chi connectivity index (χ1n) is 16.8. The molecule has 0 bridgehead atoms. The summed E-state index contributed by atoms with van der Waals surface area (Å²) in [7, 11) is 2.35. The summed E-state index contributed by atoms with van der Waals surface area (Å²) in [5, 5.41) is 52.5. The van der Waals surface area contributed by atoms with Gasteiger partial charge < -0.3 is 51.4 Å². The Hall–Kier alpha value is -8.53. The Kier molecular flexibility index (Phi) is 12.8. The summed E-state index contributed by atoms with van der Waals surface area (Å²) < 4.78 is 10.3. The number of phenols is 2. The fourth-order valence-corrected chi connectivity index (χ4v) is 5.29. The Labute approximate surface area is 328 Å². The number of nitriles is 1. The lowest BCUT2D eigenvalue weighted by molar-refractivity contribution is -0.117. The number of amides is 5. The topological polar surface area (TPSA) is 291 Å². The highest BCUT2D eigenvalue weighted by molar-refractivity contribution is 6.10. The van der Waals surface area contributed by atoms with E-state index < -0.39 is 58.6 Å². The highest BCUT2D eigenvalue weighted by Gasteiger charge is 2.25. The molecule has 19 heteroatoms. The second kappa shape index (κ2) is 18.2. The smallest absolute Gasteiger partial charge is 0.339 e. The van der Waals surface area contributed by atoms with Crippen molar-refractivity contribution in [2.75, 3.05) is 35.5 Å². The summed E-state index contributed by atoms with van der Waals surface area (Å²) >= 11 is 0. The number of aromatic nitrogens is 2. The molecule has 0 radical (unpaired) electrons. The van der Waals surface area contributed by atoms with Gasteiger partial charge in [-0.3, -0.25) is 24.0 Å². The first kappa shape index (κ1) is 40.7. The molecule has 8 N–H and O–H groups in total. The average Bonchev–Trinajstić information content (AvgIpc) is 3.21. The lowest BCUT2D eigenvalue weighted by Gasteiger charge is -2.17. The number of hydrogen-bond donors (Lipinski definition) is 8. The number of ether oxygens (including phenoxy) is 2. The molecule has 0 saturated carbocycles. The summed E-state index contributed by atoms with van der Waals surface area (Å²) in [5.41, 5.74) is 0.240. The van der Waals surface area contributed by atoms with Gasteiger partial charge in [0.2, 0.25) is 5.91 Å². The monoisotopic (exact) mass is 788 g/mol. The third-order valence-electron chi connectivity index (χ3n) is 8.20. The van der Waals surface area contributed by atoms with Crippen LogP contribution in [0.25, 0.3) is 0 Å². The zero-order chi connectivity index (χ0) is 41.9. The maximum atomic E-state index is 13.1. The van der Waals surface area contributed by atoms with E-state index in [0.717, 1.165) is 13.2 Å². The molecule has 0 saturated heterocycles. The van der Waals surface area contributed by atoms with Crippen molar-refractivity contribution in [1.29, 1.82) is 5.26 Å². The third kappa shape index (κ3) is 9.39. The maximum absolute atomic E-state index is 13.1. The van der Waals surface area contributed by atoms with E-state index in [1.54, 1.807) is 0 Å². The van der Waals surface area contributed by atoms with E-state index in [1.807, 2.05) is 6.07 Å². The number of anilines is 4. The lowest BCUT2D eigenvalue weighted by Crippen LogP contribution is -2.43. The molecule has 1 heterocycles. The molecule has 19 nitrogen and oxygen atoms in total. The van der Waals surface area contributed by atoms with E-state index in [4.69, 9.17) is 9.47 Å². The van der Waals surface area contributed by atoms with E-state index >= 15 is 0 Å². The first-order valence-corrected chi connectivity index (χ1v) is 16.8. The zero-order valence-electron chi connectivity index (χ0n) is 30.4. The number of benzene rings is 4. The van der Waals surface area contributed by atoms with Crippen LogP contribution in [-0.4, -0.2) is 81.1 Å². The Bertz CT molecular complexity index is 2440. The van der Waals surface area contributed by atoms with E-state index in [2.05, 4.69) is 36.6 Å². The fourth-order valence-electron chi connectivity index (χ4n) is 5.29. The van der Waals surface area contributed by atoms with Crippen LogP contribution in [0.15, 0.2) is 91.5 Å². The Morgan fingerprint density at radius 3 is 1.66 bits per heavy atom. The fraction of sp³-hybridized carbons (Fsp3) is 0.103. The van der Waals surface area contributed by atoms with Crippen molar-refractivity contribution in [2.24, 2.45) is 0 Å². The van der Waals surface area contributed by atoms with Gasteiger partial charge >= 0.3 is 5.97 Å². The molecule has 1 atom stereocenters. The molecular weight excluding hydrogens is 756 g/mol. The minimum atomic E-state index is -1.42. The number of carboxylic acids is 1. The molecule has 1 aromatic heterocycles. The molecule has 0 aliphatic carbocycles. The second-order valence-corrected chi connectivity index (χ2v) is 11.9. The molecule has 5 aromatic rings. The first-order chi connectivity index (χ1) is 27.8. The summed E-state index contributed by atoms with van der Waals surface area (Å²) in [6, 6.07) is 16.7. The van der Waals surface area contributed by atoms with Gasteiger partial charge in [-0.05, 0) is 72.8 Å². The minimum absolute atomic E-state index is 0.0169. The molecule has 0 aliphatic heterocycles. The maximum Gasteiger partial charge on any atom is 0.339 e. The predicted molar refractivity (Wildman–Crippen MR) is 205 cm³/mol. The number of carboxylic acid groups (broad SMARTS) is 1. The minimum Gasteiger partial charge on any atom is -0.504 e. The van der Waals surface area contributed by atoms with Gasteiger partial charge in [0.1, 0.15) is 17.9 Å². The Morgan fingerprint density at radius 1 is 0.638 bits per heavy atom. The van der Waals surface area contributed by atoms with Crippen LogP contribution in [0, 0.1) is 11.3 Å². The number of aromatic carboxylic acids is 1. The summed E-state index contributed by atoms with van der Waals surface area (Å²) in [6.45, 7) is 0. The molecule has 0 fully saturated rings. The molecule has 4 aromatic carbocycles. The number of carbonyl (C=O) groups is 6. The van der Waals surface area contributed by atoms with Gasteiger partial charge in [-0.1, -0.05) is 0 Å². The van der Waals surface area contributed by atoms with Gasteiger partial charge in [-0.25, -0.2) is 14.8 Å². The standard InChI is InChI=1S/C39H32N8O11/c1-57-32-27(13-11-25(30(32)48)37(53)46-28-14-12-26(39(55)56)31(49)33(28)58-2)45-34(50)20-5-9-24(10-6-20)44-38(54)29(15-16-40)47-35(51)21-3-7-23(8-4-21)43-36(52)22-17-41-19-42-18-22/h3-14,17-19,29,48-49H,15H2,1-2H3,(H,43,52)(H,44,54)(H,45,50)(H,46,53)(H,47,51)(H,55,56)/t29-/m0/s1. The van der Waals surface area contributed by atoms with Gasteiger partial charge in [-0.15, -0.1) is 0 Å². The molecule has 5 rings (SSSR count). The van der Waals surface area contributed by atoms with E-state index in [-0.39, 0.29) is 57.2 Å². The van der Waals surface area contributed by atoms with Crippen molar-refractivity contribution in [1.82, 2.24) is 15.3 Å². The van der Waals surface area contributed by atoms with Crippen LogP contribution in [0.3, 0.4) is 0 Å². The summed E-state index contributed by atoms with van der Waals surface area (Å²) in [4.78, 5) is 83.5. The quantitative estimate of drug-likeness (QED) is 0.0789. The molecule has 0 unspecified atom stereocenters. The number of aromatic hydroxyl groups is 2. The van der Waals surface area contributed by atoms with Crippen molar-refractivity contribution >= 4 is 58.3 Å². The largest absolute Gasteiger partial charge is 0.504 e. The van der Waals surface area contributed by atoms with Crippen LogP contribution in [0.2, 0.25) is 0 Å². The van der Waals surface area contributed by atoms with Gasteiger partial charge in [-0.2, -0.15) is 5.26 Å². The highest BCUT2D eigenvalue weighted by atomic mass is 16.5. The van der Waals surface area contributed by atoms with Crippen molar-refractivity contribution in [3.8, 4) is 29.1 Å². The normalized spacial score (nSPS) is 10.8. The molecule has 294 valence electrons. The van der Waals surface area contributed by atoms with Crippen molar-refractivity contribution < 1.29 is 53.6 Å². The number of phenolic OH excluding ortho intramolecular Hbond substituents is 1. The highest BCUT2D eigenvalue weighted by Crippen LogP contribution is 2.40. The van der Waals surface area contributed by atoms with Crippen molar-refractivity contribution in [2.45, 2.75) is 12.5 Å². The van der Waals surface area contributed by atoms with Crippen LogP contribution in [-0.2, 0) is 4.79 Å². The van der Waals surface area contributed by atoms with E-state index in [9.17, 15) is 49.3 Å². The van der Waals surface area contributed by atoms with Gasteiger partial charge in [0, 0.05) is 34.9 Å². The van der Waals surface area contributed by atoms with Gasteiger partial charge in [0.15, 0.2) is 23.0 Å². The van der Waals surface area contributed by atoms with Crippen LogP contribution < -0.4 is 36.1 Å². The van der Waals surface area contributed by atoms with Gasteiger partial charge in [0.25, 0.3) is 23.6 Å². The summed E-state index contributed by atoms with van der Waals surface area (Å²) in [5.74, 6) is -6.77. The lowest BCUT2D eigenvalue weighted by atomic mass is 10.1. The number of methoxy groups -OCH3 is 2. The number of nitrogens with one attached hydrogen (secondary N) is 5. The number of hydrogen-bond acceptors (Lipinski definition) is 13. The Morgan fingerprint density at radius 2 is 1.12 bits per heavy atom. The van der Waals surface area contributed by atoms with E-state index in [0.29, 0.717) is 5.69 Å². The molecule has 0 spiro atoms.